The molecule has 0 aromatic heterocycles. The Kier molecular flexibility index (Phi) is 7.06. The molecular weight excluding hydrogens is 228 g/mol. The fourth-order valence-corrected chi connectivity index (χ4v) is 1.66. The van der Waals surface area contributed by atoms with Gasteiger partial charge in [-0.3, -0.25) is 4.79 Å². The zero-order valence-corrected chi connectivity index (χ0v) is 10.9. The van der Waals surface area contributed by atoms with Gasteiger partial charge in [0, 0.05) is 12.6 Å². The van der Waals surface area contributed by atoms with Crippen molar-refractivity contribution in [2.24, 2.45) is 0 Å². The summed E-state index contributed by atoms with van der Waals surface area (Å²) in [5.74, 6) is -0.0247. The first-order valence-corrected chi connectivity index (χ1v) is 6.41. The second-order valence-corrected chi connectivity index (χ2v) is 4.30. The maximum Gasteiger partial charge on any atom is 0.233 e. The Labute approximate surface area is 108 Å². The van der Waals surface area contributed by atoms with Crippen LogP contribution < -0.4 is 10.6 Å². The van der Waals surface area contributed by atoms with Gasteiger partial charge in [0.05, 0.1) is 13.2 Å². The number of aliphatic hydroxyl groups is 1. The highest BCUT2D eigenvalue weighted by Crippen LogP contribution is 2.02. The van der Waals surface area contributed by atoms with Gasteiger partial charge in [-0.2, -0.15) is 0 Å². The average Bonchev–Trinajstić information content (AvgIpc) is 2.42. The van der Waals surface area contributed by atoms with Crippen molar-refractivity contribution < 1.29 is 9.90 Å². The van der Waals surface area contributed by atoms with E-state index in [1.54, 1.807) is 0 Å². The minimum Gasteiger partial charge on any atom is -0.395 e. The molecular formula is C14H22N2O2. The lowest BCUT2D eigenvalue weighted by molar-refractivity contribution is -0.120. The second-order valence-electron chi connectivity index (χ2n) is 4.30. The van der Waals surface area contributed by atoms with Crippen LogP contribution in [0.2, 0.25) is 0 Å². The molecule has 1 rings (SSSR count). The first-order valence-electron chi connectivity index (χ1n) is 6.41. The van der Waals surface area contributed by atoms with E-state index in [-0.39, 0.29) is 25.1 Å². The van der Waals surface area contributed by atoms with Crippen LogP contribution in [0.1, 0.15) is 18.9 Å². The summed E-state index contributed by atoms with van der Waals surface area (Å²) in [5.41, 5.74) is 1.15. The zero-order valence-electron chi connectivity index (χ0n) is 10.9. The van der Waals surface area contributed by atoms with Crippen LogP contribution in [0, 0.1) is 0 Å². The van der Waals surface area contributed by atoms with E-state index < -0.39 is 0 Å². The molecule has 1 aromatic carbocycles. The lowest BCUT2D eigenvalue weighted by Gasteiger charge is -2.16. The molecule has 0 aliphatic heterocycles. The highest BCUT2D eigenvalue weighted by atomic mass is 16.3. The molecule has 100 valence electrons. The van der Waals surface area contributed by atoms with Crippen molar-refractivity contribution >= 4 is 5.91 Å². The van der Waals surface area contributed by atoms with E-state index in [2.05, 4.69) is 10.6 Å². The summed E-state index contributed by atoms with van der Waals surface area (Å²) >= 11 is 0. The number of aliphatic hydroxyl groups excluding tert-OH is 1. The SMILES string of the molecule is CCCNC(=O)CNC(CO)Cc1ccccc1. The number of carbonyl (C=O) groups excluding carboxylic acids is 1. The molecule has 4 nitrogen and oxygen atoms in total. The molecule has 1 atom stereocenters. The number of nitrogens with one attached hydrogen (secondary N) is 2. The monoisotopic (exact) mass is 250 g/mol. The van der Waals surface area contributed by atoms with Crippen molar-refractivity contribution in [1.82, 2.24) is 10.6 Å². The lowest BCUT2D eigenvalue weighted by Crippen LogP contribution is -2.42. The second kappa shape index (κ2) is 8.66. The van der Waals surface area contributed by atoms with E-state index in [1.165, 1.54) is 0 Å². The Hall–Kier alpha value is -1.39. The molecule has 0 radical (unpaired) electrons. The summed E-state index contributed by atoms with van der Waals surface area (Å²) in [7, 11) is 0. The molecule has 1 amide bonds. The van der Waals surface area contributed by atoms with E-state index in [0.717, 1.165) is 18.4 Å². The Morgan fingerprint density at radius 1 is 1.33 bits per heavy atom. The highest BCUT2D eigenvalue weighted by Gasteiger charge is 2.09. The summed E-state index contributed by atoms with van der Waals surface area (Å²) in [6.07, 6.45) is 1.65. The molecule has 0 bridgehead atoms. The minimum atomic E-state index is -0.0835. The summed E-state index contributed by atoms with van der Waals surface area (Å²) in [4.78, 5) is 11.4. The van der Waals surface area contributed by atoms with Gasteiger partial charge in [-0.25, -0.2) is 0 Å². The van der Waals surface area contributed by atoms with Crippen LogP contribution in [-0.2, 0) is 11.2 Å². The number of hydrogen-bond acceptors (Lipinski definition) is 3. The van der Waals surface area contributed by atoms with Crippen LogP contribution in [0.15, 0.2) is 30.3 Å². The quantitative estimate of drug-likeness (QED) is 0.636. The summed E-state index contributed by atoms with van der Waals surface area (Å²) in [5, 5.41) is 15.1. The fourth-order valence-electron chi connectivity index (χ4n) is 1.66. The van der Waals surface area contributed by atoms with Crippen LogP contribution in [-0.4, -0.2) is 36.8 Å². The highest BCUT2D eigenvalue weighted by molar-refractivity contribution is 5.77. The Morgan fingerprint density at radius 3 is 2.67 bits per heavy atom. The molecule has 1 aromatic rings. The molecule has 0 fully saturated rings. The van der Waals surface area contributed by atoms with Gasteiger partial charge in [0.1, 0.15) is 0 Å². The predicted octanol–water partition coefficient (Wildman–Crippen LogP) is 0.706. The standard InChI is InChI=1S/C14H22N2O2/c1-2-8-15-14(18)10-16-13(11-17)9-12-6-4-3-5-7-12/h3-7,13,16-17H,2,8-11H2,1H3,(H,15,18). The fraction of sp³-hybridized carbons (Fsp3) is 0.500. The van der Waals surface area contributed by atoms with E-state index in [1.807, 2.05) is 37.3 Å². The van der Waals surface area contributed by atoms with E-state index >= 15 is 0 Å². The molecule has 0 heterocycles. The first-order chi connectivity index (χ1) is 8.76. The molecule has 3 N–H and O–H groups in total. The normalized spacial score (nSPS) is 12.1. The van der Waals surface area contributed by atoms with Crippen LogP contribution in [0.5, 0.6) is 0 Å². The van der Waals surface area contributed by atoms with Gasteiger partial charge in [-0.1, -0.05) is 37.3 Å². The van der Waals surface area contributed by atoms with Crippen molar-refractivity contribution in [3.8, 4) is 0 Å². The third-order valence-corrected chi connectivity index (χ3v) is 2.67. The number of amides is 1. The summed E-state index contributed by atoms with van der Waals surface area (Å²) < 4.78 is 0. The number of rotatable bonds is 8. The topological polar surface area (TPSA) is 61.4 Å². The van der Waals surface area contributed by atoms with Gasteiger partial charge >= 0.3 is 0 Å². The maximum atomic E-state index is 11.4. The summed E-state index contributed by atoms with van der Waals surface area (Å²) in [6.45, 7) is 2.98. The largest absolute Gasteiger partial charge is 0.395 e. The molecule has 0 spiro atoms. The Balaban J connectivity index is 2.31. The van der Waals surface area contributed by atoms with Gasteiger partial charge in [0.2, 0.25) is 5.91 Å². The Bertz CT molecular complexity index is 341. The van der Waals surface area contributed by atoms with Gasteiger partial charge < -0.3 is 15.7 Å². The molecule has 18 heavy (non-hydrogen) atoms. The van der Waals surface area contributed by atoms with Gasteiger partial charge in [-0.15, -0.1) is 0 Å². The van der Waals surface area contributed by atoms with E-state index in [9.17, 15) is 9.90 Å². The van der Waals surface area contributed by atoms with Gasteiger partial charge in [0.25, 0.3) is 0 Å². The van der Waals surface area contributed by atoms with Crippen molar-refractivity contribution in [3.05, 3.63) is 35.9 Å². The van der Waals surface area contributed by atoms with Crippen molar-refractivity contribution in [2.75, 3.05) is 19.7 Å². The number of benzene rings is 1. The van der Waals surface area contributed by atoms with Crippen LogP contribution in [0.4, 0.5) is 0 Å². The number of hydrogen-bond donors (Lipinski definition) is 3. The number of carbonyl (C=O) groups is 1. The third kappa shape index (κ3) is 5.80. The molecule has 4 heteroatoms. The van der Waals surface area contributed by atoms with Crippen LogP contribution >= 0.6 is 0 Å². The summed E-state index contributed by atoms with van der Waals surface area (Å²) in [6, 6.07) is 9.85. The van der Waals surface area contributed by atoms with Crippen molar-refractivity contribution in [1.29, 1.82) is 0 Å². The maximum absolute atomic E-state index is 11.4. The zero-order chi connectivity index (χ0) is 13.2. The van der Waals surface area contributed by atoms with Crippen molar-refractivity contribution in [3.63, 3.8) is 0 Å². The molecule has 0 saturated carbocycles. The van der Waals surface area contributed by atoms with E-state index in [4.69, 9.17) is 0 Å². The smallest absolute Gasteiger partial charge is 0.233 e. The minimum absolute atomic E-state index is 0.0238. The third-order valence-electron chi connectivity index (χ3n) is 2.67. The molecule has 0 aliphatic rings. The van der Waals surface area contributed by atoms with Gasteiger partial charge in [-0.05, 0) is 18.4 Å². The van der Waals surface area contributed by atoms with Crippen LogP contribution in [0.3, 0.4) is 0 Å². The molecule has 0 aliphatic carbocycles. The lowest BCUT2D eigenvalue weighted by atomic mass is 10.1. The van der Waals surface area contributed by atoms with Crippen LogP contribution in [0.25, 0.3) is 0 Å². The van der Waals surface area contributed by atoms with Gasteiger partial charge in [0.15, 0.2) is 0 Å². The molecule has 0 saturated heterocycles. The first kappa shape index (κ1) is 14.7. The predicted molar refractivity (Wildman–Crippen MR) is 72.3 cm³/mol. The Morgan fingerprint density at radius 2 is 2.06 bits per heavy atom. The van der Waals surface area contributed by atoms with Crippen molar-refractivity contribution in [2.45, 2.75) is 25.8 Å². The average molecular weight is 250 g/mol. The van der Waals surface area contributed by atoms with E-state index in [0.29, 0.717) is 6.54 Å². The molecule has 1 unspecified atom stereocenters.